The fraction of sp³-hybridized carbons (Fsp3) is 0.143. The van der Waals surface area contributed by atoms with Crippen molar-refractivity contribution in [2.75, 3.05) is 7.11 Å². The fourth-order valence-corrected chi connectivity index (χ4v) is 1.94. The van der Waals surface area contributed by atoms with Crippen molar-refractivity contribution in [1.82, 2.24) is 0 Å². The van der Waals surface area contributed by atoms with Crippen molar-refractivity contribution in [3.8, 4) is 22.6 Å². The summed E-state index contributed by atoms with van der Waals surface area (Å²) in [6.07, 6.45) is -4.73. The second-order valence-electron chi connectivity index (χ2n) is 3.92. The molecule has 0 saturated carbocycles. The summed E-state index contributed by atoms with van der Waals surface area (Å²) in [6.45, 7) is 0. The number of halogens is 4. The zero-order valence-electron chi connectivity index (χ0n) is 10.4. The molecule has 0 aliphatic rings. The van der Waals surface area contributed by atoms with E-state index in [2.05, 4.69) is 4.74 Å². The third-order valence-electron chi connectivity index (χ3n) is 2.54. The average Bonchev–Trinajstić information content (AvgIpc) is 2.37. The van der Waals surface area contributed by atoms with Crippen molar-refractivity contribution >= 4 is 11.6 Å². The lowest BCUT2D eigenvalue weighted by Crippen LogP contribution is -2.17. The van der Waals surface area contributed by atoms with Gasteiger partial charge in [-0.1, -0.05) is 23.7 Å². The maximum Gasteiger partial charge on any atom is 0.573 e. The van der Waals surface area contributed by atoms with Gasteiger partial charge >= 0.3 is 6.36 Å². The first-order chi connectivity index (χ1) is 9.39. The van der Waals surface area contributed by atoms with E-state index in [0.717, 1.165) is 0 Å². The van der Waals surface area contributed by atoms with Gasteiger partial charge in [0, 0.05) is 10.6 Å². The molecular weight excluding hydrogens is 293 g/mol. The second kappa shape index (κ2) is 5.63. The van der Waals surface area contributed by atoms with Crippen LogP contribution in [-0.2, 0) is 0 Å². The van der Waals surface area contributed by atoms with Crippen molar-refractivity contribution in [2.45, 2.75) is 6.36 Å². The molecule has 0 spiro atoms. The average molecular weight is 303 g/mol. The van der Waals surface area contributed by atoms with E-state index in [0.29, 0.717) is 21.9 Å². The highest BCUT2D eigenvalue weighted by molar-refractivity contribution is 6.31. The van der Waals surface area contributed by atoms with Crippen LogP contribution in [0.4, 0.5) is 13.2 Å². The summed E-state index contributed by atoms with van der Waals surface area (Å²) in [5.74, 6) is 0.218. The standard InChI is InChI=1S/C14H10ClF3O2/c1-19-13-6-5-10(15)8-12(13)9-3-2-4-11(7-9)20-14(16,17)18/h2-8H,1H3. The van der Waals surface area contributed by atoms with Gasteiger partial charge in [0.05, 0.1) is 7.11 Å². The largest absolute Gasteiger partial charge is 0.573 e. The van der Waals surface area contributed by atoms with Crippen LogP contribution in [0.1, 0.15) is 0 Å². The monoisotopic (exact) mass is 302 g/mol. The van der Waals surface area contributed by atoms with Crippen molar-refractivity contribution < 1.29 is 22.6 Å². The lowest BCUT2D eigenvalue weighted by Gasteiger charge is -2.12. The minimum Gasteiger partial charge on any atom is -0.496 e. The molecule has 0 aliphatic carbocycles. The van der Waals surface area contributed by atoms with Gasteiger partial charge in [-0.15, -0.1) is 13.2 Å². The molecule has 0 fully saturated rings. The van der Waals surface area contributed by atoms with Gasteiger partial charge < -0.3 is 9.47 Å². The van der Waals surface area contributed by atoms with Crippen molar-refractivity contribution in [1.29, 1.82) is 0 Å². The molecule has 2 rings (SSSR count). The highest BCUT2D eigenvalue weighted by Gasteiger charge is 2.31. The Morgan fingerprint density at radius 3 is 2.45 bits per heavy atom. The second-order valence-corrected chi connectivity index (χ2v) is 4.36. The predicted octanol–water partition coefficient (Wildman–Crippen LogP) is 4.91. The third-order valence-corrected chi connectivity index (χ3v) is 2.78. The number of hydrogen-bond donors (Lipinski definition) is 0. The first kappa shape index (κ1) is 14.5. The molecule has 2 nitrogen and oxygen atoms in total. The number of rotatable bonds is 3. The van der Waals surface area contributed by atoms with Crippen molar-refractivity contribution in [2.24, 2.45) is 0 Å². The Hall–Kier alpha value is -1.88. The minimum absolute atomic E-state index is 0.294. The number of hydrogen-bond acceptors (Lipinski definition) is 2. The van der Waals surface area contributed by atoms with Gasteiger partial charge in [0.2, 0.25) is 0 Å². The molecule has 2 aromatic carbocycles. The highest BCUT2D eigenvalue weighted by atomic mass is 35.5. The topological polar surface area (TPSA) is 18.5 Å². The number of ether oxygens (including phenoxy) is 2. The quantitative estimate of drug-likeness (QED) is 0.801. The minimum atomic E-state index is -4.73. The van der Waals surface area contributed by atoms with E-state index in [4.69, 9.17) is 16.3 Å². The molecule has 0 heterocycles. The van der Waals surface area contributed by atoms with Crippen LogP contribution in [-0.4, -0.2) is 13.5 Å². The molecule has 0 N–H and O–H groups in total. The zero-order valence-corrected chi connectivity index (χ0v) is 11.1. The Morgan fingerprint density at radius 1 is 1.05 bits per heavy atom. The van der Waals surface area contributed by atoms with Gasteiger partial charge in [0.15, 0.2) is 0 Å². The van der Waals surface area contributed by atoms with Crippen LogP contribution in [0.5, 0.6) is 11.5 Å². The van der Waals surface area contributed by atoms with Crippen LogP contribution in [0.2, 0.25) is 5.02 Å². The lowest BCUT2D eigenvalue weighted by atomic mass is 10.0. The SMILES string of the molecule is COc1ccc(Cl)cc1-c1cccc(OC(F)(F)F)c1. The zero-order chi connectivity index (χ0) is 14.8. The van der Waals surface area contributed by atoms with E-state index < -0.39 is 6.36 Å². The maximum absolute atomic E-state index is 12.2. The molecule has 106 valence electrons. The molecule has 0 aliphatic heterocycles. The molecule has 0 bridgehead atoms. The molecule has 0 radical (unpaired) electrons. The van der Waals surface area contributed by atoms with E-state index in [9.17, 15) is 13.2 Å². The number of methoxy groups -OCH3 is 1. The molecule has 0 atom stereocenters. The van der Waals surface area contributed by atoms with Gasteiger partial charge in [-0.3, -0.25) is 0 Å². The Labute approximate surface area is 118 Å². The van der Waals surface area contributed by atoms with E-state index in [1.165, 1.54) is 25.3 Å². The van der Waals surface area contributed by atoms with Crippen LogP contribution in [0.3, 0.4) is 0 Å². The van der Waals surface area contributed by atoms with Gasteiger partial charge in [-0.2, -0.15) is 0 Å². The molecule has 0 aromatic heterocycles. The summed E-state index contributed by atoms with van der Waals surface area (Å²) < 4.78 is 45.7. The van der Waals surface area contributed by atoms with Gasteiger partial charge in [-0.25, -0.2) is 0 Å². The molecule has 0 unspecified atom stereocenters. The first-order valence-corrected chi connectivity index (χ1v) is 5.96. The van der Waals surface area contributed by atoms with E-state index >= 15 is 0 Å². The predicted molar refractivity (Wildman–Crippen MR) is 70.1 cm³/mol. The smallest absolute Gasteiger partial charge is 0.496 e. The van der Waals surface area contributed by atoms with Crippen LogP contribution in [0.15, 0.2) is 42.5 Å². The molecule has 0 saturated heterocycles. The Balaban J connectivity index is 2.43. The number of alkyl halides is 3. The van der Waals surface area contributed by atoms with Crippen LogP contribution in [0.25, 0.3) is 11.1 Å². The summed E-state index contributed by atoms with van der Waals surface area (Å²) in [5.41, 5.74) is 1.11. The van der Waals surface area contributed by atoms with E-state index in [-0.39, 0.29) is 5.75 Å². The first-order valence-electron chi connectivity index (χ1n) is 5.59. The summed E-state index contributed by atoms with van der Waals surface area (Å²) in [4.78, 5) is 0. The lowest BCUT2D eigenvalue weighted by molar-refractivity contribution is -0.274. The summed E-state index contributed by atoms with van der Waals surface area (Å²) in [7, 11) is 1.48. The Morgan fingerprint density at radius 2 is 1.80 bits per heavy atom. The van der Waals surface area contributed by atoms with Crippen LogP contribution in [0, 0.1) is 0 Å². The maximum atomic E-state index is 12.2. The highest BCUT2D eigenvalue weighted by Crippen LogP contribution is 2.35. The molecular formula is C14H10ClF3O2. The van der Waals surface area contributed by atoms with Gasteiger partial charge in [-0.05, 0) is 35.9 Å². The summed E-state index contributed by atoms with van der Waals surface area (Å²) in [5, 5.41) is 0.461. The summed E-state index contributed by atoms with van der Waals surface area (Å²) >= 11 is 5.90. The van der Waals surface area contributed by atoms with Crippen molar-refractivity contribution in [3.05, 3.63) is 47.5 Å². The third kappa shape index (κ3) is 3.57. The van der Waals surface area contributed by atoms with Crippen LogP contribution >= 0.6 is 11.6 Å². The van der Waals surface area contributed by atoms with E-state index in [1.807, 2.05) is 0 Å². The van der Waals surface area contributed by atoms with E-state index in [1.54, 1.807) is 24.3 Å². The number of benzene rings is 2. The molecule has 2 aromatic rings. The van der Waals surface area contributed by atoms with Crippen molar-refractivity contribution in [3.63, 3.8) is 0 Å². The van der Waals surface area contributed by atoms with Gasteiger partial charge in [0.25, 0.3) is 0 Å². The van der Waals surface area contributed by atoms with Gasteiger partial charge in [0.1, 0.15) is 11.5 Å². The fourth-order valence-electron chi connectivity index (χ4n) is 1.77. The Kier molecular flexibility index (Phi) is 4.09. The van der Waals surface area contributed by atoms with Crippen LogP contribution < -0.4 is 9.47 Å². The molecule has 0 amide bonds. The summed E-state index contributed by atoms with van der Waals surface area (Å²) in [6, 6.07) is 10.5. The molecule has 20 heavy (non-hydrogen) atoms. The normalized spacial score (nSPS) is 11.2. The molecule has 6 heteroatoms. The Bertz CT molecular complexity index is 612.